The van der Waals surface area contributed by atoms with Gasteiger partial charge in [-0.3, -0.25) is 22.9 Å². The molecule has 12 nitrogen and oxygen atoms in total. The molecule has 4 aromatic rings. The van der Waals surface area contributed by atoms with Crippen LogP contribution in [-0.2, 0) is 27.2 Å². The van der Waals surface area contributed by atoms with E-state index in [0.717, 1.165) is 22.2 Å². The number of phosphoric acid groups is 2. The molecule has 0 spiro atoms. The second-order valence-corrected chi connectivity index (χ2v) is 12.9. The van der Waals surface area contributed by atoms with Crippen LogP contribution >= 0.6 is 15.6 Å². The zero-order valence-electron chi connectivity index (χ0n) is 26.1. The van der Waals surface area contributed by atoms with Crippen LogP contribution < -0.4 is 18.5 Å². The molecule has 1 aliphatic rings. The molecule has 0 unspecified atom stereocenters. The van der Waals surface area contributed by atoms with E-state index < -0.39 is 21.4 Å². The highest BCUT2D eigenvalue weighted by atomic mass is 31.2. The normalized spacial score (nSPS) is 14.0. The molecule has 2 heterocycles. The molecule has 3 aromatic carbocycles. The van der Waals surface area contributed by atoms with Gasteiger partial charge in [-0.2, -0.15) is 0 Å². The molecule has 244 valence electrons. The quantitative estimate of drug-likeness (QED) is 0.0959. The van der Waals surface area contributed by atoms with Gasteiger partial charge in [-0.15, -0.1) is 0 Å². The van der Waals surface area contributed by atoms with Gasteiger partial charge < -0.3 is 23.5 Å². The van der Waals surface area contributed by atoms with Gasteiger partial charge in [-0.1, -0.05) is 30.3 Å². The number of H-pyrrole nitrogens is 1. The predicted octanol–water partition coefficient (Wildman–Crippen LogP) is 8.58. The number of carbonyl (C=O) groups excluding carboxylic acids is 1. The first-order chi connectivity index (χ1) is 22.2. The number of aromatic amines is 1. The third-order valence-corrected chi connectivity index (χ3v) is 9.82. The Bertz CT molecular complexity index is 1830. The number of rotatable bonds is 15. The van der Waals surface area contributed by atoms with Crippen LogP contribution in [-0.4, -0.2) is 44.3 Å². The molecule has 0 saturated heterocycles. The topological polar surface area (TPSA) is 141 Å². The highest BCUT2D eigenvalue weighted by Gasteiger charge is 2.38. The van der Waals surface area contributed by atoms with E-state index in [9.17, 15) is 13.9 Å². The summed E-state index contributed by atoms with van der Waals surface area (Å²) >= 11 is 0. The second-order valence-electron chi connectivity index (χ2n) is 9.67. The van der Waals surface area contributed by atoms with E-state index >= 15 is 0 Å². The number of phosphoric ester groups is 2. The van der Waals surface area contributed by atoms with Crippen LogP contribution in [0, 0.1) is 0 Å². The van der Waals surface area contributed by atoms with E-state index in [4.69, 9.17) is 36.6 Å². The van der Waals surface area contributed by atoms with Crippen molar-refractivity contribution in [2.24, 2.45) is 0 Å². The molecule has 1 aromatic heterocycles. The van der Waals surface area contributed by atoms with Crippen molar-refractivity contribution in [3.05, 3.63) is 77.5 Å². The van der Waals surface area contributed by atoms with Crippen molar-refractivity contribution < 1.29 is 50.5 Å². The smallest absolute Gasteiger partial charge is 0.497 e. The standard InChI is InChI=1S/C32H35NO11P2/c1-6-38-45(35,39-7-2)43-23-18-27-30(28(19-23)44-46(36,40-8-3)41-9-4)32(34)29(42-27)20-25-24-17-22(37-5)15-16-26(24)33-31(25)21-13-11-10-12-14-21/h10-20,33H,6-9H2,1-5H3. The van der Waals surface area contributed by atoms with E-state index in [1.807, 2.05) is 48.5 Å². The fourth-order valence-electron chi connectivity index (χ4n) is 4.87. The van der Waals surface area contributed by atoms with Crippen molar-refractivity contribution in [1.29, 1.82) is 0 Å². The van der Waals surface area contributed by atoms with Gasteiger partial charge in [0.2, 0.25) is 5.78 Å². The molecule has 0 saturated carbocycles. The van der Waals surface area contributed by atoms with Crippen LogP contribution in [0.2, 0.25) is 0 Å². The van der Waals surface area contributed by atoms with Crippen LogP contribution in [0.25, 0.3) is 28.2 Å². The Morgan fingerprint density at radius 3 is 2.02 bits per heavy atom. The Hall–Kier alpha value is -3.89. The number of nitrogens with one attached hydrogen (secondary N) is 1. The first-order valence-corrected chi connectivity index (χ1v) is 17.6. The van der Waals surface area contributed by atoms with Gasteiger partial charge in [0, 0.05) is 28.6 Å². The van der Waals surface area contributed by atoms with E-state index in [1.165, 1.54) is 12.1 Å². The Morgan fingerprint density at radius 1 is 0.783 bits per heavy atom. The molecule has 0 radical (unpaired) electrons. The molecule has 1 N–H and O–H groups in total. The number of carbonyl (C=O) groups is 1. The maximum atomic E-state index is 14.0. The van der Waals surface area contributed by atoms with Gasteiger partial charge in [-0.05, 0) is 57.5 Å². The summed E-state index contributed by atoms with van der Waals surface area (Å²) < 4.78 is 70.8. The van der Waals surface area contributed by atoms with Crippen molar-refractivity contribution in [1.82, 2.24) is 4.98 Å². The van der Waals surface area contributed by atoms with Gasteiger partial charge in [0.05, 0.1) is 39.2 Å². The minimum atomic E-state index is -4.20. The summed E-state index contributed by atoms with van der Waals surface area (Å²) in [6.45, 7) is 6.59. The highest BCUT2D eigenvalue weighted by molar-refractivity contribution is 7.49. The van der Waals surface area contributed by atoms with E-state index in [-0.39, 0.29) is 55.0 Å². The lowest BCUT2D eigenvalue weighted by Gasteiger charge is -2.20. The molecule has 1 aliphatic heterocycles. The average molecular weight is 672 g/mol. The fourth-order valence-corrected chi connectivity index (χ4v) is 7.25. The van der Waals surface area contributed by atoms with Crippen LogP contribution in [0.1, 0.15) is 43.6 Å². The predicted molar refractivity (Wildman–Crippen MR) is 173 cm³/mol. The Balaban J connectivity index is 1.65. The molecule has 0 atom stereocenters. The van der Waals surface area contributed by atoms with Crippen molar-refractivity contribution in [3.8, 4) is 34.3 Å². The molecule has 5 rings (SSSR count). The number of hydrogen-bond donors (Lipinski definition) is 1. The lowest BCUT2D eigenvalue weighted by Crippen LogP contribution is -2.06. The minimum Gasteiger partial charge on any atom is -0.497 e. The average Bonchev–Trinajstić information content (AvgIpc) is 3.54. The SMILES string of the molecule is CCOP(=O)(OCC)Oc1cc2c(c(OP(=O)(OCC)OCC)c1)C(=O)C(=Cc1c(-c3ccccc3)[nH]c3ccc(OC)cc13)O2. The van der Waals surface area contributed by atoms with Crippen LogP contribution in [0.15, 0.2) is 66.4 Å². The van der Waals surface area contributed by atoms with Gasteiger partial charge in [0.25, 0.3) is 0 Å². The summed E-state index contributed by atoms with van der Waals surface area (Å²) in [7, 11) is -6.70. The van der Waals surface area contributed by atoms with Crippen LogP contribution in [0.5, 0.6) is 23.0 Å². The third-order valence-electron chi connectivity index (χ3n) is 6.67. The number of aromatic nitrogens is 1. The Kier molecular flexibility index (Phi) is 10.4. The number of allylic oxidation sites excluding steroid dienone is 1. The summed E-state index contributed by atoms with van der Waals surface area (Å²) in [6.07, 6.45) is 1.61. The minimum absolute atomic E-state index is 0.00141. The Morgan fingerprint density at radius 2 is 1.41 bits per heavy atom. The first-order valence-electron chi connectivity index (χ1n) is 14.7. The molecule has 0 fully saturated rings. The fraction of sp³-hybridized carbons (Fsp3) is 0.281. The van der Waals surface area contributed by atoms with E-state index in [2.05, 4.69) is 4.98 Å². The number of ether oxygens (including phenoxy) is 2. The van der Waals surface area contributed by atoms with E-state index in [0.29, 0.717) is 11.3 Å². The number of ketones is 1. The van der Waals surface area contributed by atoms with E-state index in [1.54, 1.807) is 40.9 Å². The second kappa shape index (κ2) is 14.3. The number of methoxy groups -OCH3 is 1. The number of hydrogen-bond acceptors (Lipinski definition) is 11. The first kappa shape index (κ1) is 33.5. The molecule has 0 bridgehead atoms. The number of benzene rings is 3. The number of Topliss-reactive ketones (excluding diaryl/α,β-unsaturated/α-hetero) is 1. The van der Waals surface area contributed by atoms with Crippen molar-refractivity contribution in [2.45, 2.75) is 27.7 Å². The molecule has 0 amide bonds. The summed E-state index contributed by atoms with van der Waals surface area (Å²) in [6, 6.07) is 17.8. The third kappa shape index (κ3) is 7.08. The molecule has 14 heteroatoms. The largest absolute Gasteiger partial charge is 0.530 e. The van der Waals surface area contributed by atoms with Crippen molar-refractivity contribution in [2.75, 3.05) is 33.5 Å². The monoisotopic (exact) mass is 671 g/mol. The summed E-state index contributed by atoms with van der Waals surface area (Å²) in [4.78, 5) is 17.5. The maximum Gasteiger partial charge on any atom is 0.530 e. The van der Waals surface area contributed by atoms with Crippen molar-refractivity contribution >= 4 is 38.4 Å². The van der Waals surface area contributed by atoms with Crippen molar-refractivity contribution in [3.63, 3.8) is 0 Å². The lowest BCUT2D eigenvalue weighted by molar-refractivity contribution is 0.101. The van der Waals surface area contributed by atoms with Crippen LogP contribution in [0.3, 0.4) is 0 Å². The zero-order chi connectivity index (χ0) is 32.9. The van der Waals surface area contributed by atoms with Gasteiger partial charge in [0.1, 0.15) is 28.6 Å². The van der Waals surface area contributed by atoms with Crippen LogP contribution in [0.4, 0.5) is 0 Å². The van der Waals surface area contributed by atoms with Gasteiger partial charge in [0.15, 0.2) is 5.76 Å². The maximum absolute atomic E-state index is 14.0. The zero-order valence-corrected chi connectivity index (χ0v) is 27.9. The molecule has 0 aliphatic carbocycles. The molecule has 46 heavy (non-hydrogen) atoms. The highest BCUT2D eigenvalue weighted by Crippen LogP contribution is 2.56. The lowest BCUT2D eigenvalue weighted by atomic mass is 10.0. The molecular formula is C32H35NO11P2. The van der Waals surface area contributed by atoms with Gasteiger partial charge in [-0.25, -0.2) is 9.13 Å². The summed E-state index contributed by atoms with van der Waals surface area (Å²) in [5.41, 5.74) is 3.05. The summed E-state index contributed by atoms with van der Waals surface area (Å²) in [5, 5.41) is 0.783. The van der Waals surface area contributed by atoms with Gasteiger partial charge >= 0.3 is 15.6 Å². The number of fused-ring (bicyclic) bond motifs is 2. The molecular weight excluding hydrogens is 636 g/mol. The Labute approximate surface area is 266 Å². The summed E-state index contributed by atoms with van der Waals surface area (Å²) in [5.74, 6) is -0.310.